The van der Waals surface area contributed by atoms with E-state index in [4.69, 9.17) is 0 Å². The van der Waals surface area contributed by atoms with E-state index in [0.29, 0.717) is 25.2 Å². The molecule has 4 heteroatoms. The first-order chi connectivity index (χ1) is 13.2. The molecule has 138 valence electrons. The molecule has 27 heavy (non-hydrogen) atoms. The standard InChI is InChI=1S/C23H24N2O2/c26-22(14-17-6-2-1-3-7-17)18-10-12-25(13-11-18)23(27)21-15-19-8-4-5-9-20(19)16-24-21/h1-9,15-16,18,22,26H,10-14H2. The Morgan fingerprint density at radius 1 is 1.04 bits per heavy atom. The monoisotopic (exact) mass is 360 g/mol. The summed E-state index contributed by atoms with van der Waals surface area (Å²) < 4.78 is 0. The number of rotatable bonds is 4. The van der Waals surface area contributed by atoms with Gasteiger partial charge in [0.25, 0.3) is 5.91 Å². The summed E-state index contributed by atoms with van der Waals surface area (Å²) in [6.07, 6.45) is 3.73. The molecule has 0 bridgehead atoms. The summed E-state index contributed by atoms with van der Waals surface area (Å²) in [5.41, 5.74) is 1.65. The maximum Gasteiger partial charge on any atom is 0.272 e. The van der Waals surface area contributed by atoms with Crippen LogP contribution in [0.2, 0.25) is 0 Å². The number of amides is 1. The Kier molecular flexibility index (Phi) is 5.16. The zero-order valence-electron chi connectivity index (χ0n) is 15.3. The lowest BCUT2D eigenvalue weighted by Gasteiger charge is -2.34. The van der Waals surface area contributed by atoms with Crippen LogP contribution < -0.4 is 0 Å². The van der Waals surface area contributed by atoms with Gasteiger partial charge in [0.15, 0.2) is 0 Å². The number of fused-ring (bicyclic) bond motifs is 1. The molecule has 1 aliphatic heterocycles. The van der Waals surface area contributed by atoms with E-state index >= 15 is 0 Å². The topological polar surface area (TPSA) is 53.4 Å². The summed E-state index contributed by atoms with van der Waals surface area (Å²) in [6.45, 7) is 1.34. The van der Waals surface area contributed by atoms with Crippen LogP contribution in [0, 0.1) is 5.92 Å². The van der Waals surface area contributed by atoms with Gasteiger partial charge in [-0.2, -0.15) is 0 Å². The molecule has 1 atom stereocenters. The van der Waals surface area contributed by atoms with E-state index in [1.165, 1.54) is 0 Å². The number of carbonyl (C=O) groups is 1. The minimum atomic E-state index is -0.358. The van der Waals surface area contributed by atoms with E-state index in [2.05, 4.69) is 4.98 Å². The van der Waals surface area contributed by atoms with Crippen molar-refractivity contribution < 1.29 is 9.90 Å². The van der Waals surface area contributed by atoms with Crippen molar-refractivity contribution in [2.45, 2.75) is 25.4 Å². The Morgan fingerprint density at radius 3 is 2.44 bits per heavy atom. The summed E-state index contributed by atoms with van der Waals surface area (Å²) in [6, 6.07) is 19.9. The van der Waals surface area contributed by atoms with Gasteiger partial charge >= 0.3 is 0 Å². The molecule has 0 saturated carbocycles. The Labute approximate surface area is 159 Å². The summed E-state index contributed by atoms with van der Waals surface area (Å²) in [4.78, 5) is 19.0. The number of benzene rings is 2. The molecule has 1 saturated heterocycles. The molecular weight excluding hydrogens is 336 g/mol. The molecule has 0 radical (unpaired) electrons. The third kappa shape index (κ3) is 4.01. The lowest BCUT2D eigenvalue weighted by Crippen LogP contribution is -2.41. The SMILES string of the molecule is O=C(c1cc2ccccc2cn1)N1CCC(C(O)Cc2ccccc2)CC1. The summed E-state index contributed by atoms with van der Waals surface area (Å²) >= 11 is 0. The van der Waals surface area contributed by atoms with Gasteiger partial charge in [0.05, 0.1) is 6.10 Å². The summed E-state index contributed by atoms with van der Waals surface area (Å²) in [5, 5.41) is 12.6. The van der Waals surface area contributed by atoms with Crippen molar-refractivity contribution in [2.24, 2.45) is 5.92 Å². The maximum absolute atomic E-state index is 12.8. The second kappa shape index (κ2) is 7.89. The van der Waals surface area contributed by atoms with Gasteiger partial charge in [0, 0.05) is 24.7 Å². The fourth-order valence-corrected chi connectivity index (χ4v) is 3.87. The molecule has 1 unspecified atom stereocenters. The lowest BCUT2D eigenvalue weighted by atomic mass is 9.88. The Hall–Kier alpha value is -2.72. The fourth-order valence-electron chi connectivity index (χ4n) is 3.87. The van der Waals surface area contributed by atoms with Crippen LogP contribution in [0.5, 0.6) is 0 Å². The average Bonchev–Trinajstić information content (AvgIpc) is 2.73. The number of piperidine rings is 1. The van der Waals surface area contributed by atoms with Crippen molar-refractivity contribution >= 4 is 16.7 Å². The number of hydrogen-bond donors (Lipinski definition) is 1. The molecule has 1 aliphatic rings. The average molecular weight is 360 g/mol. The number of nitrogens with zero attached hydrogens (tertiary/aromatic N) is 2. The predicted octanol–water partition coefficient (Wildman–Crippen LogP) is 3.69. The van der Waals surface area contributed by atoms with E-state index in [1.807, 2.05) is 65.6 Å². The molecule has 1 fully saturated rings. The van der Waals surface area contributed by atoms with Crippen LogP contribution in [0.1, 0.15) is 28.9 Å². The van der Waals surface area contributed by atoms with Gasteiger partial charge in [-0.3, -0.25) is 9.78 Å². The van der Waals surface area contributed by atoms with Gasteiger partial charge in [-0.1, -0.05) is 54.6 Å². The van der Waals surface area contributed by atoms with Crippen LogP contribution >= 0.6 is 0 Å². The largest absolute Gasteiger partial charge is 0.392 e. The quantitative estimate of drug-likeness (QED) is 0.772. The lowest BCUT2D eigenvalue weighted by molar-refractivity contribution is 0.0464. The third-order valence-electron chi connectivity index (χ3n) is 5.51. The van der Waals surface area contributed by atoms with Crippen molar-refractivity contribution in [1.29, 1.82) is 0 Å². The molecular formula is C23H24N2O2. The number of aliphatic hydroxyl groups excluding tert-OH is 1. The predicted molar refractivity (Wildman–Crippen MR) is 107 cm³/mol. The number of aliphatic hydroxyl groups is 1. The van der Waals surface area contributed by atoms with Crippen molar-refractivity contribution in [3.63, 3.8) is 0 Å². The minimum absolute atomic E-state index is 0.0169. The molecule has 0 aliphatic carbocycles. The van der Waals surface area contributed by atoms with Crippen LogP contribution in [-0.2, 0) is 6.42 Å². The second-order valence-electron chi connectivity index (χ2n) is 7.30. The van der Waals surface area contributed by atoms with Gasteiger partial charge in [0.2, 0.25) is 0 Å². The highest BCUT2D eigenvalue weighted by molar-refractivity contribution is 5.96. The van der Waals surface area contributed by atoms with E-state index < -0.39 is 0 Å². The molecule has 4 nitrogen and oxygen atoms in total. The number of aromatic nitrogens is 1. The van der Waals surface area contributed by atoms with Crippen molar-refractivity contribution in [1.82, 2.24) is 9.88 Å². The maximum atomic E-state index is 12.8. The van der Waals surface area contributed by atoms with Crippen LogP contribution in [-0.4, -0.2) is 40.1 Å². The van der Waals surface area contributed by atoms with E-state index in [-0.39, 0.29) is 17.9 Å². The van der Waals surface area contributed by atoms with Gasteiger partial charge in [-0.15, -0.1) is 0 Å². The van der Waals surface area contributed by atoms with Gasteiger partial charge in [-0.25, -0.2) is 0 Å². The Morgan fingerprint density at radius 2 is 1.70 bits per heavy atom. The van der Waals surface area contributed by atoms with Crippen LogP contribution in [0.25, 0.3) is 10.8 Å². The zero-order chi connectivity index (χ0) is 18.6. The normalized spacial score (nSPS) is 16.4. The summed E-state index contributed by atoms with van der Waals surface area (Å²) in [5.74, 6) is 0.218. The first-order valence-corrected chi connectivity index (χ1v) is 9.57. The van der Waals surface area contributed by atoms with E-state index in [0.717, 1.165) is 29.2 Å². The van der Waals surface area contributed by atoms with Gasteiger partial charge in [-0.05, 0) is 42.2 Å². The Bertz CT molecular complexity index is 918. The smallest absolute Gasteiger partial charge is 0.272 e. The van der Waals surface area contributed by atoms with Crippen molar-refractivity contribution in [3.05, 3.63) is 78.1 Å². The van der Waals surface area contributed by atoms with Crippen LogP contribution in [0.3, 0.4) is 0 Å². The first kappa shape index (κ1) is 17.7. The number of carbonyl (C=O) groups excluding carboxylic acids is 1. The molecule has 1 amide bonds. The van der Waals surface area contributed by atoms with Crippen molar-refractivity contribution in [3.8, 4) is 0 Å². The highest BCUT2D eigenvalue weighted by Crippen LogP contribution is 2.24. The molecule has 3 aromatic rings. The molecule has 0 spiro atoms. The minimum Gasteiger partial charge on any atom is -0.392 e. The molecule has 1 aromatic heterocycles. The van der Waals surface area contributed by atoms with Crippen molar-refractivity contribution in [2.75, 3.05) is 13.1 Å². The van der Waals surface area contributed by atoms with E-state index in [9.17, 15) is 9.90 Å². The second-order valence-corrected chi connectivity index (χ2v) is 7.30. The zero-order valence-corrected chi connectivity index (χ0v) is 15.3. The molecule has 4 rings (SSSR count). The van der Waals surface area contributed by atoms with Crippen LogP contribution in [0.15, 0.2) is 66.9 Å². The number of pyridine rings is 1. The highest BCUT2D eigenvalue weighted by atomic mass is 16.3. The summed E-state index contributed by atoms with van der Waals surface area (Å²) in [7, 11) is 0. The third-order valence-corrected chi connectivity index (χ3v) is 5.51. The molecule has 1 N–H and O–H groups in total. The highest BCUT2D eigenvalue weighted by Gasteiger charge is 2.28. The van der Waals surface area contributed by atoms with E-state index in [1.54, 1.807) is 6.20 Å². The molecule has 2 aromatic carbocycles. The van der Waals surface area contributed by atoms with Gasteiger partial charge < -0.3 is 10.0 Å². The Balaban J connectivity index is 1.37. The number of hydrogen-bond acceptors (Lipinski definition) is 3. The van der Waals surface area contributed by atoms with Gasteiger partial charge in [0.1, 0.15) is 5.69 Å². The van der Waals surface area contributed by atoms with Crippen LogP contribution in [0.4, 0.5) is 0 Å². The first-order valence-electron chi connectivity index (χ1n) is 9.57. The molecule has 2 heterocycles. The number of likely N-dealkylation sites (tertiary alicyclic amines) is 1. The fraction of sp³-hybridized carbons (Fsp3) is 0.304.